The van der Waals surface area contributed by atoms with Crippen molar-refractivity contribution in [3.8, 4) is 0 Å². The van der Waals surface area contributed by atoms with Crippen LogP contribution < -0.4 is 0 Å². The summed E-state index contributed by atoms with van der Waals surface area (Å²) in [5, 5.41) is 10.8. The molecule has 4 nitrogen and oxygen atoms in total. The lowest BCUT2D eigenvalue weighted by Crippen LogP contribution is -1.92. The third-order valence-corrected chi connectivity index (χ3v) is 2.87. The van der Waals surface area contributed by atoms with Crippen molar-refractivity contribution in [3.63, 3.8) is 0 Å². The van der Waals surface area contributed by atoms with Crippen LogP contribution in [0.15, 0.2) is 22.7 Å². The third kappa shape index (κ3) is 1.85. The van der Waals surface area contributed by atoms with Crippen molar-refractivity contribution < 1.29 is 9.31 Å². The summed E-state index contributed by atoms with van der Waals surface area (Å²) in [7, 11) is 0. The summed E-state index contributed by atoms with van der Waals surface area (Å²) in [6, 6.07) is 3.84. The molecule has 0 radical (unpaired) electrons. The maximum absolute atomic E-state index is 13.2. The molecule has 2 aromatic rings. The fourth-order valence-electron chi connectivity index (χ4n) is 1.26. The Morgan fingerprint density at radius 3 is 2.75 bits per heavy atom. The van der Waals surface area contributed by atoms with Gasteiger partial charge < -0.3 is 0 Å². The van der Waals surface area contributed by atoms with Crippen LogP contribution in [0, 0.1) is 15.9 Å². The molecule has 82 valence electrons. The highest BCUT2D eigenvalue weighted by molar-refractivity contribution is 9.10. The maximum Gasteiger partial charge on any atom is 0.307 e. The molecule has 0 N–H and O–H groups in total. The Morgan fingerprint density at radius 2 is 2.12 bits per heavy atom. The van der Waals surface area contributed by atoms with Crippen LogP contribution in [-0.2, 0) is 0 Å². The summed E-state index contributed by atoms with van der Waals surface area (Å²) in [5.41, 5.74) is -0.0241. The first-order chi connectivity index (χ1) is 7.49. The number of nitro groups is 1. The number of hydrogen-bond donors (Lipinski definition) is 0. The number of aromatic nitrogens is 1. The van der Waals surface area contributed by atoms with Gasteiger partial charge in [0.2, 0.25) is 5.15 Å². The van der Waals surface area contributed by atoms with Gasteiger partial charge >= 0.3 is 5.69 Å². The number of pyridine rings is 1. The summed E-state index contributed by atoms with van der Waals surface area (Å²) in [5.74, 6) is -0.495. The van der Waals surface area contributed by atoms with Crippen LogP contribution in [0.2, 0.25) is 5.15 Å². The van der Waals surface area contributed by atoms with E-state index >= 15 is 0 Å². The van der Waals surface area contributed by atoms with Crippen molar-refractivity contribution in [1.29, 1.82) is 0 Å². The van der Waals surface area contributed by atoms with Crippen molar-refractivity contribution in [2.75, 3.05) is 0 Å². The van der Waals surface area contributed by atoms with Crippen molar-refractivity contribution in [1.82, 2.24) is 4.98 Å². The quantitative estimate of drug-likeness (QED) is 0.458. The predicted octanol–water partition coefficient (Wildman–Crippen LogP) is 3.70. The van der Waals surface area contributed by atoms with Crippen LogP contribution in [0.1, 0.15) is 0 Å². The average molecular weight is 305 g/mol. The number of benzene rings is 1. The van der Waals surface area contributed by atoms with Crippen LogP contribution in [0.25, 0.3) is 10.9 Å². The van der Waals surface area contributed by atoms with E-state index in [-0.39, 0.29) is 20.8 Å². The Balaban J connectivity index is 2.79. The van der Waals surface area contributed by atoms with Gasteiger partial charge in [-0.2, -0.15) is 0 Å². The SMILES string of the molecule is O=[N+]([O-])c1cc2cc(Br)c(F)cc2nc1Cl. The van der Waals surface area contributed by atoms with Crippen molar-refractivity contribution >= 4 is 44.1 Å². The maximum atomic E-state index is 13.2. The molecule has 0 fully saturated rings. The Labute approximate surface area is 102 Å². The first-order valence-electron chi connectivity index (χ1n) is 4.08. The molecule has 0 atom stereocenters. The van der Waals surface area contributed by atoms with Gasteiger partial charge in [-0.05, 0) is 22.0 Å². The Bertz CT molecular complexity index is 606. The van der Waals surface area contributed by atoms with E-state index in [4.69, 9.17) is 11.6 Å². The molecule has 0 aliphatic rings. The van der Waals surface area contributed by atoms with Crippen molar-refractivity contribution in [2.45, 2.75) is 0 Å². The number of rotatable bonds is 1. The standard InChI is InChI=1S/C9H3BrClFN2O2/c10-5-1-4-2-8(14(15)16)9(11)13-7(4)3-6(5)12/h1-3H. The highest BCUT2D eigenvalue weighted by Crippen LogP contribution is 2.29. The summed E-state index contributed by atoms with van der Waals surface area (Å²) in [6.45, 7) is 0. The molecule has 0 saturated carbocycles. The van der Waals surface area contributed by atoms with Gasteiger partial charge in [-0.15, -0.1) is 0 Å². The topological polar surface area (TPSA) is 56.0 Å². The molecular formula is C9H3BrClFN2O2. The fourth-order valence-corrected chi connectivity index (χ4v) is 1.84. The summed E-state index contributed by atoms with van der Waals surface area (Å²) in [4.78, 5) is 13.7. The lowest BCUT2D eigenvalue weighted by molar-refractivity contribution is -0.384. The normalized spacial score (nSPS) is 10.7. The van der Waals surface area contributed by atoms with Crippen molar-refractivity contribution in [2.24, 2.45) is 0 Å². The lowest BCUT2D eigenvalue weighted by atomic mass is 10.2. The Morgan fingerprint density at radius 1 is 1.44 bits per heavy atom. The molecule has 0 unspecified atom stereocenters. The number of hydrogen-bond acceptors (Lipinski definition) is 3. The van der Waals surface area contributed by atoms with E-state index in [1.165, 1.54) is 12.1 Å². The minimum Gasteiger partial charge on any atom is -0.258 e. The molecule has 0 amide bonds. The predicted molar refractivity (Wildman–Crippen MR) is 61.1 cm³/mol. The zero-order valence-corrected chi connectivity index (χ0v) is 9.92. The number of nitrogens with zero attached hydrogens (tertiary/aromatic N) is 2. The molecule has 7 heteroatoms. The molecule has 16 heavy (non-hydrogen) atoms. The monoisotopic (exact) mass is 304 g/mol. The number of fused-ring (bicyclic) bond motifs is 1. The van der Waals surface area contributed by atoms with Crippen LogP contribution >= 0.6 is 27.5 Å². The minimum absolute atomic E-state index is 0.221. The smallest absolute Gasteiger partial charge is 0.258 e. The van der Waals surface area contributed by atoms with Gasteiger partial charge in [0.25, 0.3) is 0 Å². The highest BCUT2D eigenvalue weighted by Gasteiger charge is 2.16. The molecule has 1 aromatic heterocycles. The van der Waals surface area contributed by atoms with Crippen LogP contribution in [-0.4, -0.2) is 9.91 Å². The van der Waals surface area contributed by atoms with E-state index in [1.807, 2.05) is 0 Å². The molecule has 2 rings (SSSR count). The van der Waals surface area contributed by atoms with Crippen LogP contribution in [0.3, 0.4) is 0 Å². The molecule has 0 aliphatic heterocycles. The van der Waals surface area contributed by atoms with Gasteiger partial charge in [0.15, 0.2) is 0 Å². The third-order valence-electron chi connectivity index (χ3n) is 1.99. The van der Waals surface area contributed by atoms with E-state index < -0.39 is 10.7 Å². The molecular weight excluding hydrogens is 302 g/mol. The molecule has 0 spiro atoms. The molecule has 0 aliphatic carbocycles. The summed E-state index contributed by atoms with van der Waals surface area (Å²) >= 11 is 8.59. The van der Waals surface area contributed by atoms with Crippen LogP contribution in [0.4, 0.5) is 10.1 Å². The second kappa shape index (κ2) is 3.95. The summed E-state index contributed by atoms with van der Waals surface area (Å²) < 4.78 is 13.4. The minimum atomic E-state index is -0.633. The van der Waals surface area contributed by atoms with Gasteiger partial charge in [0.05, 0.1) is 14.9 Å². The van der Waals surface area contributed by atoms with Gasteiger partial charge in [-0.25, -0.2) is 9.37 Å². The molecule has 0 saturated heterocycles. The first kappa shape index (κ1) is 11.2. The van der Waals surface area contributed by atoms with Gasteiger partial charge in [0.1, 0.15) is 5.82 Å². The van der Waals surface area contributed by atoms with E-state index in [9.17, 15) is 14.5 Å². The van der Waals surface area contributed by atoms with Gasteiger partial charge in [-0.1, -0.05) is 11.6 Å². The Kier molecular flexibility index (Phi) is 2.77. The van der Waals surface area contributed by atoms with Crippen molar-refractivity contribution in [3.05, 3.63) is 43.8 Å². The lowest BCUT2D eigenvalue weighted by Gasteiger charge is -2.01. The largest absolute Gasteiger partial charge is 0.307 e. The number of halogens is 3. The second-order valence-corrected chi connectivity index (χ2v) is 4.23. The van der Waals surface area contributed by atoms with Crippen LogP contribution in [0.5, 0.6) is 0 Å². The van der Waals surface area contributed by atoms with E-state index in [1.54, 1.807) is 0 Å². The second-order valence-electron chi connectivity index (χ2n) is 3.01. The zero-order chi connectivity index (χ0) is 11.9. The van der Waals surface area contributed by atoms with E-state index in [2.05, 4.69) is 20.9 Å². The highest BCUT2D eigenvalue weighted by atomic mass is 79.9. The fraction of sp³-hybridized carbons (Fsp3) is 0. The zero-order valence-electron chi connectivity index (χ0n) is 7.58. The Hall–Kier alpha value is -1.27. The molecule has 1 heterocycles. The molecule has 1 aromatic carbocycles. The van der Waals surface area contributed by atoms with E-state index in [0.717, 1.165) is 6.07 Å². The average Bonchev–Trinajstić information content (AvgIpc) is 2.19. The van der Waals surface area contributed by atoms with Gasteiger partial charge in [-0.3, -0.25) is 10.1 Å². The van der Waals surface area contributed by atoms with E-state index in [0.29, 0.717) is 5.39 Å². The first-order valence-corrected chi connectivity index (χ1v) is 5.26. The summed E-state index contributed by atoms with van der Waals surface area (Å²) in [6.07, 6.45) is 0. The molecule has 0 bridgehead atoms. The van der Waals surface area contributed by atoms with Gasteiger partial charge in [0, 0.05) is 17.5 Å².